The highest BCUT2D eigenvalue weighted by atomic mass is 35.5. The molecule has 1 fully saturated rings. The SMILES string of the molecule is CCN(CC1CCCO1)C(=O)C(CN)c1ccccc1.Cl. The van der Waals surface area contributed by atoms with E-state index < -0.39 is 0 Å². The number of rotatable bonds is 6. The van der Waals surface area contributed by atoms with Crippen molar-refractivity contribution in [3.63, 3.8) is 0 Å². The average molecular weight is 313 g/mol. The molecule has 0 aliphatic carbocycles. The van der Waals surface area contributed by atoms with Gasteiger partial charge < -0.3 is 15.4 Å². The number of ether oxygens (including phenoxy) is 1. The van der Waals surface area contributed by atoms with Crippen molar-refractivity contribution in [1.29, 1.82) is 0 Å². The van der Waals surface area contributed by atoms with Crippen LogP contribution in [0.2, 0.25) is 0 Å². The molecule has 4 nitrogen and oxygen atoms in total. The van der Waals surface area contributed by atoms with Crippen LogP contribution >= 0.6 is 12.4 Å². The molecule has 1 aromatic rings. The van der Waals surface area contributed by atoms with Gasteiger partial charge in [-0.1, -0.05) is 30.3 Å². The number of likely N-dealkylation sites (N-methyl/N-ethyl adjacent to an activating group) is 1. The molecule has 2 atom stereocenters. The van der Waals surface area contributed by atoms with Gasteiger partial charge in [-0.2, -0.15) is 0 Å². The zero-order valence-corrected chi connectivity index (χ0v) is 13.3. The molecule has 2 unspecified atom stereocenters. The Balaban J connectivity index is 0.00000220. The van der Waals surface area contributed by atoms with Crippen LogP contribution in [0.5, 0.6) is 0 Å². The number of amides is 1. The number of benzene rings is 1. The van der Waals surface area contributed by atoms with Crippen LogP contribution in [0.1, 0.15) is 31.2 Å². The first kappa shape index (κ1) is 18.0. The molecule has 1 aliphatic rings. The Labute approximate surface area is 133 Å². The Hall–Kier alpha value is -1.10. The molecule has 1 aliphatic heterocycles. The van der Waals surface area contributed by atoms with E-state index in [9.17, 15) is 4.79 Å². The number of hydrogen-bond donors (Lipinski definition) is 1. The van der Waals surface area contributed by atoms with E-state index in [1.54, 1.807) is 0 Å². The van der Waals surface area contributed by atoms with E-state index in [1.165, 1.54) is 0 Å². The zero-order valence-electron chi connectivity index (χ0n) is 12.5. The molecular formula is C16H25ClN2O2. The van der Waals surface area contributed by atoms with Crippen LogP contribution in [-0.4, -0.2) is 43.2 Å². The smallest absolute Gasteiger partial charge is 0.231 e. The monoisotopic (exact) mass is 312 g/mol. The number of nitrogens with two attached hydrogens (primary N) is 1. The summed E-state index contributed by atoms with van der Waals surface area (Å²) in [4.78, 5) is 14.6. The summed E-state index contributed by atoms with van der Waals surface area (Å²) in [6.45, 7) is 4.53. The fraction of sp³-hybridized carbons (Fsp3) is 0.562. The summed E-state index contributed by atoms with van der Waals surface area (Å²) < 4.78 is 5.63. The highest BCUT2D eigenvalue weighted by Crippen LogP contribution is 2.19. The standard InChI is InChI=1S/C16H24N2O2.ClH/c1-2-18(12-14-9-6-10-20-14)16(19)15(11-17)13-7-4-3-5-8-13;/h3-5,7-8,14-15H,2,6,9-12,17H2,1H3;1H. The van der Waals surface area contributed by atoms with Crippen molar-refractivity contribution in [1.82, 2.24) is 4.90 Å². The van der Waals surface area contributed by atoms with Crippen molar-refractivity contribution in [3.05, 3.63) is 35.9 Å². The summed E-state index contributed by atoms with van der Waals surface area (Å²) >= 11 is 0. The maximum Gasteiger partial charge on any atom is 0.231 e. The lowest BCUT2D eigenvalue weighted by atomic mass is 9.97. The van der Waals surface area contributed by atoms with E-state index in [0.29, 0.717) is 19.6 Å². The molecule has 5 heteroatoms. The fourth-order valence-electron chi connectivity index (χ4n) is 2.69. The summed E-state index contributed by atoms with van der Waals surface area (Å²) in [5.41, 5.74) is 6.82. The average Bonchev–Trinajstić information content (AvgIpc) is 2.99. The van der Waals surface area contributed by atoms with Gasteiger partial charge in [0.25, 0.3) is 0 Å². The molecule has 1 amide bonds. The predicted octanol–water partition coefficient (Wildman–Crippen LogP) is 2.18. The van der Waals surface area contributed by atoms with Gasteiger partial charge in [-0.15, -0.1) is 12.4 Å². The second-order valence-corrected chi connectivity index (χ2v) is 5.21. The number of carbonyl (C=O) groups excluding carboxylic acids is 1. The van der Waals surface area contributed by atoms with Crippen LogP contribution in [-0.2, 0) is 9.53 Å². The van der Waals surface area contributed by atoms with Gasteiger partial charge in [0.2, 0.25) is 5.91 Å². The normalized spacial score (nSPS) is 18.9. The van der Waals surface area contributed by atoms with Crippen LogP contribution in [0.15, 0.2) is 30.3 Å². The van der Waals surface area contributed by atoms with E-state index >= 15 is 0 Å². The van der Waals surface area contributed by atoms with E-state index in [4.69, 9.17) is 10.5 Å². The van der Waals surface area contributed by atoms with Crippen LogP contribution in [0.3, 0.4) is 0 Å². The molecule has 0 radical (unpaired) electrons. The molecule has 21 heavy (non-hydrogen) atoms. The van der Waals surface area contributed by atoms with Crippen molar-refractivity contribution in [2.75, 3.05) is 26.2 Å². The minimum absolute atomic E-state index is 0. The predicted molar refractivity (Wildman–Crippen MR) is 86.7 cm³/mol. The summed E-state index contributed by atoms with van der Waals surface area (Å²) in [5, 5.41) is 0. The minimum Gasteiger partial charge on any atom is -0.376 e. The minimum atomic E-state index is -0.252. The van der Waals surface area contributed by atoms with Crippen molar-refractivity contribution in [2.24, 2.45) is 5.73 Å². The third-order valence-electron chi connectivity index (χ3n) is 3.88. The van der Waals surface area contributed by atoms with Gasteiger partial charge in [-0.05, 0) is 25.3 Å². The number of carbonyl (C=O) groups is 1. The Bertz CT molecular complexity index is 422. The Morgan fingerprint density at radius 2 is 2.14 bits per heavy atom. The lowest BCUT2D eigenvalue weighted by Gasteiger charge is -2.28. The quantitative estimate of drug-likeness (QED) is 0.876. The highest BCUT2D eigenvalue weighted by molar-refractivity contribution is 5.85. The lowest BCUT2D eigenvalue weighted by Crippen LogP contribution is -2.41. The van der Waals surface area contributed by atoms with E-state index in [0.717, 1.165) is 25.0 Å². The topological polar surface area (TPSA) is 55.6 Å². The largest absolute Gasteiger partial charge is 0.376 e. The molecule has 2 rings (SSSR count). The fourth-order valence-corrected chi connectivity index (χ4v) is 2.69. The van der Waals surface area contributed by atoms with Crippen molar-refractivity contribution >= 4 is 18.3 Å². The van der Waals surface area contributed by atoms with Crippen LogP contribution in [0.25, 0.3) is 0 Å². The van der Waals surface area contributed by atoms with Crippen molar-refractivity contribution in [3.8, 4) is 0 Å². The summed E-state index contributed by atoms with van der Waals surface area (Å²) in [6, 6.07) is 9.78. The molecule has 1 saturated heterocycles. The Morgan fingerprint density at radius 3 is 2.67 bits per heavy atom. The molecule has 118 valence electrons. The number of nitrogens with zero attached hydrogens (tertiary/aromatic N) is 1. The van der Waals surface area contributed by atoms with Gasteiger partial charge in [0.1, 0.15) is 0 Å². The first-order valence-corrected chi connectivity index (χ1v) is 7.41. The second-order valence-electron chi connectivity index (χ2n) is 5.21. The highest BCUT2D eigenvalue weighted by Gasteiger charge is 2.27. The number of halogens is 1. The molecule has 1 heterocycles. The van der Waals surface area contributed by atoms with Crippen molar-refractivity contribution in [2.45, 2.75) is 31.8 Å². The molecule has 0 spiro atoms. The molecule has 2 N–H and O–H groups in total. The van der Waals surface area contributed by atoms with Gasteiger partial charge in [-0.25, -0.2) is 0 Å². The Morgan fingerprint density at radius 1 is 1.43 bits per heavy atom. The van der Waals surface area contributed by atoms with Crippen LogP contribution in [0.4, 0.5) is 0 Å². The molecule has 0 saturated carbocycles. The van der Waals surface area contributed by atoms with Gasteiger partial charge in [0.05, 0.1) is 12.0 Å². The third-order valence-corrected chi connectivity index (χ3v) is 3.88. The summed E-state index contributed by atoms with van der Waals surface area (Å²) in [6.07, 6.45) is 2.32. The maximum absolute atomic E-state index is 12.7. The second kappa shape index (κ2) is 9.03. The first-order valence-electron chi connectivity index (χ1n) is 7.41. The van der Waals surface area contributed by atoms with Gasteiger partial charge in [0.15, 0.2) is 0 Å². The van der Waals surface area contributed by atoms with E-state index in [1.807, 2.05) is 42.2 Å². The van der Waals surface area contributed by atoms with Gasteiger partial charge in [0, 0.05) is 26.2 Å². The van der Waals surface area contributed by atoms with Crippen LogP contribution < -0.4 is 5.73 Å². The summed E-state index contributed by atoms with van der Waals surface area (Å²) in [7, 11) is 0. The van der Waals surface area contributed by atoms with Gasteiger partial charge in [-0.3, -0.25) is 4.79 Å². The first-order chi connectivity index (χ1) is 9.76. The van der Waals surface area contributed by atoms with Gasteiger partial charge >= 0.3 is 0 Å². The summed E-state index contributed by atoms with van der Waals surface area (Å²) in [5.74, 6) is -0.144. The lowest BCUT2D eigenvalue weighted by molar-refractivity contribution is -0.134. The van der Waals surface area contributed by atoms with E-state index in [-0.39, 0.29) is 30.3 Å². The molecule has 1 aromatic carbocycles. The van der Waals surface area contributed by atoms with Crippen LogP contribution in [0, 0.1) is 0 Å². The van der Waals surface area contributed by atoms with Crippen molar-refractivity contribution < 1.29 is 9.53 Å². The zero-order chi connectivity index (χ0) is 14.4. The maximum atomic E-state index is 12.7. The molecular weight excluding hydrogens is 288 g/mol. The molecule has 0 aromatic heterocycles. The molecule has 0 bridgehead atoms. The number of hydrogen-bond acceptors (Lipinski definition) is 3. The third kappa shape index (κ3) is 4.70. The Kier molecular flexibility index (Phi) is 7.72. The van der Waals surface area contributed by atoms with E-state index in [2.05, 4.69) is 0 Å².